The van der Waals surface area contributed by atoms with Crippen LogP contribution in [0.2, 0.25) is 10.0 Å². The Labute approximate surface area is 248 Å². The molecule has 0 saturated carbocycles. The molecule has 1 heterocycles. The van der Waals surface area contributed by atoms with Gasteiger partial charge in [-0.2, -0.15) is 0 Å². The van der Waals surface area contributed by atoms with Gasteiger partial charge < -0.3 is 9.47 Å². The summed E-state index contributed by atoms with van der Waals surface area (Å²) >= 11 is 17.0. The highest BCUT2D eigenvalue weighted by Gasteiger charge is 2.26. The number of hydrogen-bond acceptors (Lipinski definition) is 7. The van der Waals surface area contributed by atoms with Crippen LogP contribution in [-0.4, -0.2) is 33.3 Å². The molecule has 0 bridgehead atoms. The summed E-state index contributed by atoms with van der Waals surface area (Å²) in [6, 6.07) is 14.9. The van der Waals surface area contributed by atoms with Gasteiger partial charge in [0, 0.05) is 10.6 Å². The lowest BCUT2D eigenvalue weighted by atomic mass is 10.1. The van der Waals surface area contributed by atoms with Crippen molar-refractivity contribution in [3.05, 3.63) is 101 Å². The van der Waals surface area contributed by atoms with E-state index in [0.29, 0.717) is 42.6 Å². The van der Waals surface area contributed by atoms with Gasteiger partial charge in [-0.25, -0.2) is 0 Å². The number of nitrogens with zero attached hydrogens (tertiary/aromatic N) is 4. The van der Waals surface area contributed by atoms with Crippen LogP contribution in [0.25, 0.3) is 5.69 Å². The molecule has 39 heavy (non-hydrogen) atoms. The summed E-state index contributed by atoms with van der Waals surface area (Å²) in [5.74, 6) is 1.58. The molecule has 0 fully saturated rings. The summed E-state index contributed by atoms with van der Waals surface area (Å²) in [4.78, 5) is 11.4. The van der Waals surface area contributed by atoms with Crippen molar-refractivity contribution in [2.45, 2.75) is 37.8 Å². The van der Waals surface area contributed by atoms with Gasteiger partial charge >= 0.3 is 0 Å². The number of nitro groups is 1. The third-order valence-electron chi connectivity index (χ3n) is 6.10. The highest BCUT2D eigenvalue weighted by molar-refractivity contribution is 9.10. The number of benzene rings is 3. The molecule has 4 rings (SSSR count). The fraction of sp³-hybridized carbons (Fsp3) is 0.259. The van der Waals surface area contributed by atoms with Gasteiger partial charge in [-0.15, -0.1) is 10.2 Å². The van der Waals surface area contributed by atoms with Gasteiger partial charge in [-0.1, -0.05) is 47.1 Å². The van der Waals surface area contributed by atoms with E-state index in [1.807, 2.05) is 43.5 Å². The quantitative estimate of drug-likeness (QED) is 0.0976. The number of thioether (sulfide) groups is 1. The molecule has 4 aromatic rings. The number of ether oxygens (including phenoxy) is 2. The molecular formula is C27H25BrCl2N4O4S. The Morgan fingerprint density at radius 1 is 1.05 bits per heavy atom. The second-order valence-electron chi connectivity index (χ2n) is 8.83. The van der Waals surface area contributed by atoms with E-state index >= 15 is 0 Å². The maximum Gasteiger partial charge on any atom is 0.220 e. The van der Waals surface area contributed by atoms with E-state index in [2.05, 4.69) is 32.2 Å². The number of aryl methyl sites for hydroxylation is 3. The second kappa shape index (κ2) is 12.6. The zero-order chi connectivity index (χ0) is 28.3. The summed E-state index contributed by atoms with van der Waals surface area (Å²) in [6.07, 6.45) is 0. The number of methoxy groups -OCH3 is 1. The summed E-state index contributed by atoms with van der Waals surface area (Å²) in [5.41, 5.74) is 4.69. The zero-order valence-corrected chi connectivity index (χ0v) is 25.5. The van der Waals surface area contributed by atoms with Gasteiger partial charge in [-0.3, -0.25) is 14.7 Å². The van der Waals surface area contributed by atoms with Crippen LogP contribution < -0.4 is 9.47 Å². The Morgan fingerprint density at radius 2 is 1.82 bits per heavy atom. The van der Waals surface area contributed by atoms with Gasteiger partial charge in [0.1, 0.15) is 17.7 Å². The minimum absolute atomic E-state index is 0.219. The molecular weight excluding hydrogens is 627 g/mol. The molecule has 0 amide bonds. The molecule has 0 unspecified atom stereocenters. The van der Waals surface area contributed by atoms with Gasteiger partial charge in [0.2, 0.25) is 6.54 Å². The monoisotopic (exact) mass is 650 g/mol. The molecule has 0 aliphatic heterocycles. The smallest absolute Gasteiger partial charge is 0.220 e. The lowest BCUT2D eigenvalue weighted by Crippen LogP contribution is -2.12. The molecule has 0 aliphatic rings. The standard InChI is InChI=1S/C27H25BrCl2N4O4S/c1-15-5-7-20(9-16(15)2)34-17(3)31-32-27(34)39-25(13-33(35)36)19-11-21(28)26(24(12-19)37-4)38-14-18-6-8-22(29)23(30)10-18/h5-12,25H,13-14H2,1-4H3/t25-/m1/s1. The number of halogens is 3. The third kappa shape index (κ3) is 6.87. The van der Waals surface area contributed by atoms with Gasteiger partial charge in [0.05, 0.1) is 21.6 Å². The molecule has 12 heteroatoms. The van der Waals surface area contributed by atoms with E-state index in [1.165, 1.54) is 24.4 Å². The number of hydrogen-bond donors (Lipinski definition) is 0. The first-order chi connectivity index (χ1) is 18.6. The van der Waals surface area contributed by atoms with Crippen molar-refractivity contribution in [3.63, 3.8) is 0 Å². The largest absolute Gasteiger partial charge is 0.493 e. The van der Waals surface area contributed by atoms with Crippen molar-refractivity contribution in [2.24, 2.45) is 0 Å². The molecule has 1 atom stereocenters. The highest BCUT2D eigenvalue weighted by atomic mass is 79.9. The van der Waals surface area contributed by atoms with E-state index in [4.69, 9.17) is 32.7 Å². The van der Waals surface area contributed by atoms with Gasteiger partial charge in [0.25, 0.3) is 0 Å². The maximum absolute atomic E-state index is 11.7. The molecule has 204 valence electrons. The molecule has 0 saturated heterocycles. The maximum atomic E-state index is 11.7. The minimum atomic E-state index is -0.580. The Hall–Kier alpha value is -2.79. The van der Waals surface area contributed by atoms with E-state index in [0.717, 1.165) is 16.8 Å². The second-order valence-corrected chi connectivity index (χ2v) is 11.7. The average molecular weight is 652 g/mol. The van der Waals surface area contributed by atoms with E-state index in [1.54, 1.807) is 24.3 Å². The van der Waals surface area contributed by atoms with Crippen molar-refractivity contribution in [3.8, 4) is 17.2 Å². The summed E-state index contributed by atoms with van der Waals surface area (Å²) in [5, 5.41) is 21.2. The summed E-state index contributed by atoms with van der Waals surface area (Å²) in [6.45, 7) is 5.83. The number of rotatable bonds is 10. The van der Waals surface area contributed by atoms with Crippen LogP contribution in [0.1, 0.15) is 33.3 Å². The van der Waals surface area contributed by atoms with Crippen molar-refractivity contribution in [2.75, 3.05) is 13.7 Å². The lowest BCUT2D eigenvalue weighted by Gasteiger charge is -2.18. The third-order valence-corrected chi connectivity index (χ3v) is 8.61. The molecule has 0 N–H and O–H groups in total. The fourth-order valence-electron chi connectivity index (χ4n) is 3.91. The SMILES string of the molecule is COc1cc([C@@H](C[N+](=O)[O-])Sc2nnc(C)n2-c2ccc(C)c(C)c2)cc(Br)c1OCc1ccc(Cl)c(Cl)c1. The van der Waals surface area contributed by atoms with Crippen molar-refractivity contribution in [1.29, 1.82) is 0 Å². The van der Waals surface area contributed by atoms with Crippen LogP contribution in [0.3, 0.4) is 0 Å². The van der Waals surface area contributed by atoms with Crippen molar-refractivity contribution >= 4 is 50.9 Å². The van der Waals surface area contributed by atoms with Crippen LogP contribution in [0.5, 0.6) is 11.5 Å². The van der Waals surface area contributed by atoms with E-state index < -0.39 is 5.25 Å². The zero-order valence-electron chi connectivity index (χ0n) is 21.6. The molecule has 0 spiro atoms. The normalized spacial score (nSPS) is 11.9. The highest BCUT2D eigenvalue weighted by Crippen LogP contribution is 2.43. The Balaban J connectivity index is 1.65. The molecule has 0 radical (unpaired) electrons. The Bertz CT molecular complexity index is 1530. The topological polar surface area (TPSA) is 92.3 Å². The fourth-order valence-corrected chi connectivity index (χ4v) is 5.95. The van der Waals surface area contributed by atoms with Gasteiger partial charge in [0.15, 0.2) is 16.7 Å². The number of aromatic nitrogens is 3. The first-order valence-corrected chi connectivity index (χ1v) is 14.2. The first kappa shape index (κ1) is 29.2. The minimum Gasteiger partial charge on any atom is -0.493 e. The van der Waals surface area contributed by atoms with Crippen LogP contribution in [0.15, 0.2) is 58.2 Å². The summed E-state index contributed by atoms with van der Waals surface area (Å²) in [7, 11) is 1.52. The van der Waals surface area contributed by atoms with Crippen LogP contribution in [0, 0.1) is 30.9 Å². The van der Waals surface area contributed by atoms with Crippen LogP contribution in [-0.2, 0) is 6.61 Å². The Morgan fingerprint density at radius 3 is 2.49 bits per heavy atom. The van der Waals surface area contributed by atoms with Crippen molar-refractivity contribution < 1.29 is 14.4 Å². The van der Waals surface area contributed by atoms with E-state index in [-0.39, 0.29) is 18.1 Å². The molecule has 0 aliphatic carbocycles. The summed E-state index contributed by atoms with van der Waals surface area (Å²) < 4.78 is 14.1. The average Bonchev–Trinajstić information content (AvgIpc) is 3.25. The lowest BCUT2D eigenvalue weighted by molar-refractivity contribution is -0.479. The first-order valence-electron chi connectivity index (χ1n) is 11.8. The molecule has 8 nitrogen and oxygen atoms in total. The predicted molar refractivity (Wildman–Crippen MR) is 158 cm³/mol. The molecule has 1 aromatic heterocycles. The van der Waals surface area contributed by atoms with Crippen LogP contribution in [0.4, 0.5) is 0 Å². The predicted octanol–water partition coefficient (Wildman–Crippen LogP) is 7.96. The molecule has 3 aromatic carbocycles. The van der Waals surface area contributed by atoms with E-state index in [9.17, 15) is 10.1 Å². The van der Waals surface area contributed by atoms with Crippen LogP contribution >= 0.6 is 50.9 Å². The Kier molecular flexibility index (Phi) is 9.43. The van der Waals surface area contributed by atoms with Gasteiger partial charge in [-0.05, 0) is 95.4 Å². The van der Waals surface area contributed by atoms with Crippen molar-refractivity contribution in [1.82, 2.24) is 14.8 Å².